The van der Waals surface area contributed by atoms with Crippen LogP contribution in [0.4, 0.5) is 11.5 Å². The van der Waals surface area contributed by atoms with Crippen molar-refractivity contribution in [3.63, 3.8) is 0 Å². The molecular formula is C14H23N3S. The lowest BCUT2D eigenvalue weighted by Crippen LogP contribution is -2.26. The van der Waals surface area contributed by atoms with Crippen LogP contribution in [-0.2, 0) is 0 Å². The number of nitrogens with zero attached hydrogens (tertiary/aromatic N) is 1. The summed E-state index contributed by atoms with van der Waals surface area (Å²) in [5.74, 6) is 2.17. The summed E-state index contributed by atoms with van der Waals surface area (Å²) in [6, 6.07) is 4.79. The molecule has 0 aromatic carbocycles. The Hall–Kier alpha value is -0.900. The quantitative estimate of drug-likeness (QED) is 0.824. The second-order valence-corrected chi connectivity index (χ2v) is 6.15. The molecule has 1 aliphatic carbocycles. The van der Waals surface area contributed by atoms with Crippen LogP contribution in [-0.4, -0.2) is 28.6 Å². The fourth-order valence-corrected chi connectivity index (χ4v) is 3.71. The van der Waals surface area contributed by atoms with Crippen LogP contribution in [0, 0.1) is 0 Å². The molecule has 0 bridgehead atoms. The third-order valence-corrected chi connectivity index (χ3v) is 4.63. The lowest BCUT2D eigenvalue weighted by molar-refractivity contribution is 0.767. The minimum Gasteiger partial charge on any atom is -0.381 e. The van der Waals surface area contributed by atoms with Gasteiger partial charge in [-0.15, -0.1) is 0 Å². The Morgan fingerprint density at radius 3 is 3.06 bits per heavy atom. The largest absolute Gasteiger partial charge is 0.381 e. The second kappa shape index (κ2) is 6.88. The molecule has 18 heavy (non-hydrogen) atoms. The van der Waals surface area contributed by atoms with E-state index in [2.05, 4.69) is 53.4 Å². The molecule has 0 saturated heterocycles. The van der Waals surface area contributed by atoms with E-state index in [9.17, 15) is 0 Å². The predicted octanol–water partition coefficient (Wildman–Crippen LogP) is 3.60. The molecule has 0 amide bonds. The summed E-state index contributed by atoms with van der Waals surface area (Å²) in [5.41, 5.74) is 1.19. The highest BCUT2D eigenvalue weighted by molar-refractivity contribution is 7.99. The van der Waals surface area contributed by atoms with Gasteiger partial charge in [0, 0.05) is 35.8 Å². The fraction of sp³-hybridized carbons (Fsp3) is 0.643. The normalized spacial score (nSPS) is 23.0. The van der Waals surface area contributed by atoms with Gasteiger partial charge < -0.3 is 10.6 Å². The number of pyridine rings is 1. The zero-order valence-electron chi connectivity index (χ0n) is 11.3. The summed E-state index contributed by atoms with van der Waals surface area (Å²) in [6.45, 7) is 5.25. The Morgan fingerprint density at radius 1 is 1.39 bits per heavy atom. The smallest absolute Gasteiger partial charge is 0.127 e. The molecule has 1 fully saturated rings. The van der Waals surface area contributed by atoms with Crippen LogP contribution in [0.25, 0.3) is 0 Å². The van der Waals surface area contributed by atoms with E-state index in [0.29, 0.717) is 6.04 Å². The first-order valence-corrected chi connectivity index (χ1v) is 7.96. The first-order valence-electron chi connectivity index (χ1n) is 6.91. The van der Waals surface area contributed by atoms with Crippen molar-refractivity contribution < 1.29 is 0 Å². The van der Waals surface area contributed by atoms with Gasteiger partial charge in [-0.1, -0.05) is 13.3 Å². The Kier molecular flexibility index (Phi) is 5.17. The summed E-state index contributed by atoms with van der Waals surface area (Å²) in [6.07, 6.45) is 5.86. The number of hydrogen-bond donors (Lipinski definition) is 2. The Morgan fingerprint density at radius 2 is 2.28 bits per heavy atom. The summed E-state index contributed by atoms with van der Waals surface area (Å²) < 4.78 is 0. The highest BCUT2D eigenvalue weighted by atomic mass is 32.2. The molecule has 100 valence electrons. The van der Waals surface area contributed by atoms with Crippen LogP contribution in [0.2, 0.25) is 0 Å². The third kappa shape index (κ3) is 3.55. The topological polar surface area (TPSA) is 37.0 Å². The van der Waals surface area contributed by atoms with Gasteiger partial charge in [-0.05, 0) is 31.6 Å². The Balaban J connectivity index is 1.97. The van der Waals surface area contributed by atoms with Gasteiger partial charge in [0.2, 0.25) is 0 Å². The first kappa shape index (κ1) is 13.5. The van der Waals surface area contributed by atoms with Crippen molar-refractivity contribution >= 4 is 23.3 Å². The van der Waals surface area contributed by atoms with Crippen LogP contribution < -0.4 is 10.6 Å². The van der Waals surface area contributed by atoms with Crippen LogP contribution in [0.15, 0.2) is 18.3 Å². The Labute approximate surface area is 114 Å². The van der Waals surface area contributed by atoms with Crippen molar-refractivity contribution in [1.29, 1.82) is 0 Å². The minimum absolute atomic E-state index is 0.617. The fourth-order valence-electron chi connectivity index (χ4n) is 2.52. The Bertz CT molecular complexity index is 370. The maximum absolute atomic E-state index is 4.30. The van der Waals surface area contributed by atoms with Gasteiger partial charge in [-0.3, -0.25) is 0 Å². The van der Waals surface area contributed by atoms with E-state index < -0.39 is 0 Å². The number of rotatable bonds is 6. The SMILES string of the molecule is CCNc1cc(NC2CCCC2SCC)ccn1. The molecule has 0 aliphatic heterocycles. The van der Waals surface area contributed by atoms with Crippen molar-refractivity contribution in [3.05, 3.63) is 18.3 Å². The average molecular weight is 265 g/mol. The summed E-state index contributed by atoms with van der Waals surface area (Å²) >= 11 is 2.09. The van der Waals surface area contributed by atoms with Crippen LogP contribution >= 0.6 is 11.8 Å². The van der Waals surface area contributed by atoms with E-state index in [1.165, 1.54) is 30.7 Å². The molecule has 2 N–H and O–H groups in total. The maximum atomic E-state index is 4.30. The summed E-state index contributed by atoms with van der Waals surface area (Å²) in [4.78, 5) is 4.30. The molecule has 1 aromatic rings. The third-order valence-electron chi connectivity index (χ3n) is 3.30. The van der Waals surface area contributed by atoms with E-state index in [4.69, 9.17) is 0 Å². The molecule has 1 aromatic heterocycles. The highest BCUT2D eigenvalue weighted by Gasteiger charge is 2.26. The number of anilines is 2. The van der Waals surface area contributed by atoms with E-state index in [-0.39, 0.29) is 0 Å². The van der Waals surface area contributed by atoms with Gasteiger partial charge in [0.1, 0.15) is 5.82 Å². The molecule has 2 rings (SSSR count). The molecule has 1 aliphatic rings. The van der Waals surface area contributed by atoms with Crippen LogP contribution in [0.5, 0.6) is 0 Å². The predicted molar refractivity (Wildman–Crippen MR) is 81.6 cm³/mol. The van der Waals surface area contributed by atoms with Crippen molar-refractivity contribution in [2.45, 2.75) is 44.4 Å². The van der Waals surface area contributed by atoms with Gasteiger partial charge in [-0.2, -0.15) is 11.8 Å². The van der Waals surface area contributed by atoms with Crippen molar-refractivity contribution in [3.8, 4) is 0 Å². The monoisotopic (exact) mass is 265 g/mol. The highest BCUT2D eigenvalue weighted by Crippen LogP contribution is 2.32. The number of hydrogen-bond acceptors (Lipinski definition) is 4. The van der Waals surface area contributed by atoms with E-state index in [1.54, 1.807) is 0 Å². The molecule has 1 heterocycles. The maximum Gasteiger partial charge on any atom is 0.127 e. The molecule has 2 unspecified atom stereocenters. The molecule has 4 heteroatoms. The van der Waals surface area contributed by atoms with Gasteiger partial charge >= 0.3 is 0 Å². The zero-order chi connectivity index (χ0) is 12.8. The van der Waals surface area contributed by atoms with Crippen molar-refractivity contribution in [1.82, 2.24) is 4.98 Å². The van der Waals surface area contributed by atoms with Crippen LogP contribution in [0.1, 0.15) is 33.1 Å². The number of nitrogens with one attached hydrogen (secondary N) is 2. The van der Waals surface area contributed by atoms with Gasteiger partial charge in [0.15, 0.2) is 0 Å². The summed E-state index contributed by atoms with van der Waals surface area (Å²) in [7, 11) is 0. The molecule has 2 atom stereocenters. The lowest BCUT2D eigenvalue weighted by atomic mass is 10.2. The number of thioether (sulfide) groups is 1. The molecular weight excluding hydrogens is 242 g/mol. The average Bonchev–Trinajstić information content (AvgIpc) is 2.78. The molecule has 0 spiro atoms. The zero-order valence-corrected chi connectivity index (χ0v) is 12.1. The minimum atomic E-state index is 0.617. The van der Waals surface area contributed by atoms with E-state index in [1.807, 2.05) is 6.20 Å². The second-order valence-electron chi connectivity index (χ2n) is 4.64. The van der Waals surface area contributed by atoms with E-state index >= 15 is 0 Å². The van der Waals surface area contributed by atoms with Crippen molar-refractivity contribution in [2.24, 2.45) is 0 Å². The molecule has 1 saturated carbocycles. The standard InChI is InChI=1S/C14H23N3S/c1-3-15-14-10-11(8-9-16-14)17-12-6-5-7-13(12)18-4-2/h8-10,12-13H,3-7H2,1-2H3,(H2,15,16,17). The lowest BCUT2D eigenvalue weighted by Gasteiger charge is -2.21. The number of aromatic nitrogens is 1. The molecule has 3 nitrogen and oxygen atoms in total. The first-order chi connectivity index (χ1) is 8.83. The van der Waals surface area contributed by atoms with Gasteiger partial charge in [0.25, 0.3) is 0 Å². The van der Waals surface area contributed by atoms with E-state index in [0.717, 1.165) is 17.6 Å². The van der Waals surface area contributed by atoms with Crippen LogP contribution in [0.3, 0.4) is 0 Å². The summed E-state index contributed by atoms with van der Waals surface area (Å²) in [5, 5.41) is 7.70. The van der Waals surface area contributed by atoms with Crippen molar-refractivity contribution in [2.75, 3.05) is 22.9 Å². The van der Waals surface area contributed by atoms with Gasteiger partial charge in [0.05, 0.1) is 0 Å². The van der Waals surface area contributed by atoms with Gasteiger partial charge in [-0.25, -0.2) is 4.98 Å². The molecule has 0 radical (unpaired) electrons.